The van der Waals surface area contributed by atoms with Gasteiger partial charge < -0.3 is 20.1 Å². The van der Waals surface area contributed by atoms with E-state index in [1.165, 1.54) is 23.2 Å². The maximum absolute atomic E-state index is 12.7. The zero-order chi connectivity index (χ0) is 19.4. The van der Waals surface area contributed by atoms with Crippen LogP contribution in [0.2, 0.25) is 0 Å². The summed E-state index contributed by atoms with van der Waals surface area (Å²) in [7, 11) is -3.24. The number of nitrogens with two attached hydrogens (primary N) is 1. The standard InChI is InChI=1S/C18H23N4O3PS/c1-4-24-26(23,25-5-2)11-22-17-14-15(19)16(27-18(14)21-10-20-17)13-8-6-12(3)7-9-13/h6-10H,4-5,11,19H2,1-3H3,(H,20,21,22). The summed E-state index contributed by atoms with van der Waals surface area (Å²) in [5.74, 6) is 0.520. The molecule has 0 amide bonds. The third-order valence-corrected chi connectivity index (χ3v) is 6.94. The van der Waals surface area contributed by atoms with E-state index in [0.29, 0.717) is 24.7 Å². The van der Waals surface area contributed by atoms with E-state index in [0.717, 1.165) is 20.7 Å². The average Bonchev–Trinajstić information content (AvgIpc) is 2.99. The van der Waals surface area contributed by atoms with Gasteiger partial charge in [0.15, 0.2) is 0 Å². The smallest absolute Gasteiger partial charge is 0.349 e. The molecule has 9 heteroatoms. The van der Waals surface area contributed by atoms with Crippen LogP contribution in [0.3, 0.4) is 0 Å². The van der Waals surface area contributed by atoms with Gasteiger partial charge in [-0.1, -0.05) is 29.8 Å². The minimum atomic E-state index is -3.24. The Labute approximate surface area is 162 Å². The van der Waals surface area contributed by atoms with Crippen molar-refractivity contribution in [3.8, 4) is 10.4 Å². The Morgan fingerprint density at radius 2 is 1.81 bits per heavy atom. The fourth-order valence-electron chi connectivity index (χ4n) is 2.70. The van der Waals surface area contributed by atoms with E-state index >= 15 is 0 Å². The lowest BCUT2D eigenvalue weighted by Crippen LogP contribution is -2.09. The summed E-state index contributed by atoms with van der Waals surface area (Å²) in [6.07, 6.45) is 1.47. The van der Waals surface area contributed by atoms with Crippen molar-refractivity contribution in [2.45, 2.75) is 20.8 Å². The van der Waals surface area contributed by atoms with Crippen molar-refractivity contribution in [2.24, 2.45) is 0 Å². The second-order valence-corrected chi connectivity index (χ2v) is 8.95. The first-order valence-corrected chi connectivity index (χ1v) is 11.2. The van der Waals surface area contributed by atoms with Crippen molar-refractivity contribution < 1.29 is 13.6 Å². The maximum atomic E-state index is 12.7. The Balaban J connectivity index is 1.95. The van der Waals surface area contributed by atoms with Gasteiger partial charge in [0.1, 0.15) is 23.3 Å². The van der Waals surface area contributed by atoms with Gasteiger partial charge in [0.25, 0.3) is 0 Å². The van der Waals surface area contributed by atoms with Crippen LogP contribution in [-0.4, -0.2) is 29.5 Å². The van der Waals surface area contributed by atoms with Crippen molar-refractivity contribution in [3.05, 3.63) is 36.2 Å². The number of aromatic nitrogens is 2. The Hall–Kier alpha value is -1.99. The molecule has 0 aliphatic heterocycles. The predicted molar refractivity (Wildman–Crippen MR) is 111 cm³/mol. The van der Waals surface area contributed by atoms with Gasteiger partial charge in [-0.3, -0.25) is 4.57 Å². The summed E-state index contributed by atoms with van der Waals surface area (Å²) < 4.78 is 23.3. The lowest BCUT2D eigenvalue weighted by Gasteiger charge is -2.17. The van der Waals surface area contributed by atoms with Crippen LogP contribution in [0, 0.1) is 6.92 Å². The van der Waals surface area contributed by atoms with Crippen LogP contribution in [0.15, 0.2) is 30.6 Å². The molecule has 0 aliphatic rings. The van der Waals surface area contributed by atoms with Crippen molar-refractivity contribution in [1.82, 2.24) is 9.97 Å². The number of nitrogens with one attached hydrogen (secondary N) is 1. The fraction of sp³-hybridized carbons (Fsp3) is 0.333. The zero-order valence-electron chi connectivity index (χ0n) is 15.6. The molecule has 2 heterocycles. The minimum absolute atomic E-state index is 0.00987. The molecule has 27 heavy (non-hydrogen) atoms. The molecule has 1 aromatic carbocycles. The minimum Gasteiger partial charge on any atom is -0.397 e. The molecule has 0 spiro atoms. The number of anilines is 2. The van der Waals surface area contributed by atoms with Gasteiger partial charge in [-0.05, 0) is 26.3 Å². The second kappa shape index (κ2) is 8.35. The number of thiophene rings is 1. The molecule has 0 bridgehead atoms. The van der Waals surface area contributed by atoms with E-state index in [1.54, 1.807) is 13.8 Å². The molecule has 2 aromatic heterocycles. The van der Waals surface area contributed by atoms with Crippen LogP contribution in [0.5, 0.6) is 0 Å². The molecule has 0 radical (unpaired) electrons. The molecule has 3 N–H and O–H groups in total. The fourth-order valence-corrected chi connectivity index (χ4v) is 5.16. The number of hydrogen-bond acceptors (Lipinski definition) is 8. The molecule has 0 saturated carbocycles. The van der Waals surface area contributed by atoms with Crippen LogP contribution in [0.25, 0.3) is 20.7 Å². The quantitative estimate of drug-likeness (QED) is 0.514. The number of fused-ring (bicyclic) bond motifs is 1. The molecule has 0 fully saturated rings. The molecule has 0 atom stereocenters. The first kappa shape index (κ1) is 19.8. The van der Waals surface area contributed by atoms with Gasteiger partial charge in [0, 0.05) is 0 Å². The highest BCUT2D eigenvalue weighted by Crippen LogP contribution is 2.48. The van der Waals surface area contributed by atoms with Crippen LogP contribution >= 0.6 is 18.9 Å². The molecule has 0 saturated heterocycles. The summed E-state index contributed by atoms with van der Waals surface area (Å²) >= 11 is 1.50. The lowest BCUT2D eigenvalue weighted by molar-refractivity contribution is 0.221. The summed E-state index contributed by atoms with van der Waals surface area (Å²) in [6.45, 7) is 6.20. The molecule has 3 rings (SSSR count). The molecule has 3 aromatic rings. The number of nitrogens with zero attached hydrogens (tertiary/aromatic N) is 2. The summed E-state index contributed by atoms with van der Waals surface area (Å²) in [5.41, 5.74) is 9.24. The predicted octanol–water partition coefficient (Wildman–Crippen LogP) is 4.88. The topological polar surface area (TPSA) is 99.4 Å². The Bertz CT molecular complexity index is 965. The Kier molecular flexibility index (Phi) is 6.11. The molecule has 0 aliphatic carbocycles. The molecular weight excluding hydrogens is 383 g/mol. The zero-order valence-corrected chi connectivity index (χ0v) is 17.3. The first-order chi connectivity index (χ1) is 13.0. The maximum Gasteiger partial charge on any atom is 0.349 e. The van der Waals surface area contributed by atoms with E-state index in [1.807, 2.05) is 31.2 Å². The van der Waals surface area contributed by atoms with Crippen LogP contribution in [0.4, 0.5) is 11.5 Å². The van der Waals surface area contributed by atoms with Crippen molar-refractivity contribution in [3.63, 3.8) is 0 Å². The number of aryl methyl sites for hydroxylation is 1. The normalized spacial score (nSPS) is 11.8. The van der Waals surface area contributed by atoms with E-state index in [-0.39, 0.29) is 6.29 Å². The van der Waals surface area contributed by atoms with Crippen LogP contribution in [-0.2, 0) is 13.6 Å². The largest absolute Gasteiger partial charge is 0.397 e. The van der Waals surface area contributed by atoms with Gasteiger partial charge in [-0.2, -0.15) is 0 Å². The molecule has 0 unspecified atom stereocenters. The number of rotatable bonds is 8. The highest BCUT2D eigenvalue weighted by molar-refractivity contribution is 7.53. The van der Waals surface area contributed by atoms with Gasteiger partial charge in [-0.15, -0.1) is 11.3 Å². The highest BCUT2D eigenvalue weighted by Gasteiger charge is 2.25. The summed E-state index contributed by atoms with van der Waals surface area (Å²) in [4.78, 5) is 10.3. The van der Waals surface area contributed by atoms with E-state index in [2.05, 4.69) is 15.3 Å². The van der Waals surface area contributed by atoms with Gasteiger partial charge in [0.05, 0.1) is 29.2 Å². The van der Waals surface area contributed by atoms with Crippen LogP contribution < -0.4 is 11.1 Å². The summed E-state index contributed by atoms with van der Waals surface area (Å²) in [5, 5.41) is 3.80. The van der Waals surface area contributed by atoms with Gasteiger partial charge >= 0.3 is 7.60 Å². The first-order valence-electron chi connectivity index (χ1n) is 8.69. The van der Waals surface area contributed by atoms with Crippen molar-refractivity contribution >= 4 is 40.7 Å². The number of hydrogen-bond donors (Lipinski definition) is 2. The second-order valence-electron chi connectivity index (χ2n) is 5.89. The van der Waals surface area contributed by atoms with E-state index in [4.69, 9.17) is 14.8 Å². The number of nitrogen functional groups attached to an aromatic ring is 1. The van der Waals surface area contributed by atoms with Crippen molar-refractivity contribution in [1.29, 1.82) is 0 Å². The number of benzene rings is 1. The van der Waals surface area contributed by atoms with Crippen LogP contribution in [0.1, 0.15) is 19.4 Å². The molecule has 144 valence electrons. The Morgan fingerprint density at radius 3 is 2.44 bits per heavy atom. The molecular formula is C18H23N4O3PS. The average molecular weight is 406 g/mol. The Morgan fingerprint density at radius 1 is 1.15 bits per heavy atom. The van der Waals surface area contributed by atoms with Gasteiger partial charge in [0.2, 0.25) is 0 Å². The SMILES string of the molecule is CCOP(=O)(CNc1ncnc2sc(-c3ccc(C)cc3)c(N)c12)OCC. The monoisotopic (exact) mass is 406 g/mol. The lowest BCUT2D eigenvalue weighted by atomic mass is 10.1. The third-order valence-electron chi connectivity index (χ3n) is 3.93. The van der Waals surface area contributed by atoms with E-state index < -0.39 is 7.60 Å². The third kappa shape index (κ3) is 4.30. The van der Waals surface area contributed by atoms with E-state index in [9.17, 15) is 4.57 Å². The molecule has 7 nitrogen and oxygen atoms in total. The summed E-state index contributed by atoms with van der Waals surface area (Å²) in [6, 6.07) is 8.17. The van der Waals surface area contributed by atoms with Gasteiger partial charge in [-0.25, -0.2) is 9.97 Å². The van der Waals surface area contributed by atoms with Crippen molar-refractivity contribution in [2.75, 3.05) is 30.6 Å². The highest BCUT2D eigenvalue weighted by atomic mass is 32.1.